The number of ether oxygens (including phenoxy) is 2. The molecule has 0 saturated heterocycles. The normalized spacial score (nSPS) is 9.89. The van der Waals surface area contributed by atoms with E-state index in [-0.39, 0.29) is 5.97 Å². The lowest BCUT2D eigenvalue weighted by Gasteiger charge is -2.08. The first-order valence-electron chi connectivity index (χ1n) is 5.62. The van der Waals surface area contributed by atoms with Crippen LogP contribution >= 0.6 is 0 Å². The van der Waals surface area contributed by atoms with Gasteiger partial charge in [-0.25, -0.2) is 4.79 Å². The molecule has 0 saturated carbocycles. The second-order valence-corrected chi connectivity index (χ2v) is 3.88. The van der Waals surface area contributed by atoms with Crippen LogP contribution < -0.4 is 9.47 Å². The van der Waals surface area contributed by atoms with Gasteiger partial charge in [-0.3, -0.25) is 0 Å². The molecule has 2 rings (SSSR count). The molecule has 3 nitrogen and oxygen atoms in total. The number of hydrogen-bond acceptors (Lipinski definition) is 3. The summed E-state index contributed by atoms with van der Waals surface area (Å²) in [6, 6.07) is 14.3. The van der Waals surface area contributed by atoms with Crippen LogP contribution in [0.5, 0.6) is 11.5 Å². The molecule has 0 aliphatic carbocycles. The molecule has 0 radical (unpaired) electrons. The maximum Gasteiger partial charge on any atom is 0.343 e. The Labute approximate surface area is 106 Å². The molecule has 0 heterocycles. The molecule has 0 aromatic heterocycles. The van der Waals surface area contributed by atoms with E-state index < -0.39 is 0 Å². The summed E-state index contributed by atoms with van der Waals surface area (Å²) in [7, 11) is 1.59. The summed E-state index contributed by atoms with van der Waals surface area (Å²) in [5.74, 6) is 0.905. The van der Waals surface area contributed by atoms with Gasteiger partial charge in [0.15, 0.2) is 0 Å². The van der Waals surface area contributed by atoms with E-state index in [1.54, 1.807) is 31.4 Å². The van der Waals surface area contributed by atoms with E-state index in [1.165, 1.54) is 0 Å². The summed E-state index contributed by atoms with van der Waals surface area (Å²) in [4.78, 5) is 12.0. The summed E-state index contributed by atoms with van der Waals surface area (Å²) < 4.78 is 10.4. The largest absolute Gasteiger partial charge is 0.497 e. The average Bonchev–Trinajstić information content (AvgIpc) is 2.39. The van der Waals surface area contributed by atoms with Crippen molar-refractivity contribution >= 4 is 5.97 Å². The topological polar surface area (TPSA) is 35.5 Å². The molecule has 0 bridgehead atoms. The second-order valence-electron chi connectivity index (χ2n) is 3.88. The maximum absolute atomic E-state index is 12.0. The van der Waals surface area contributed by atoms with E-state index in [4.69, 9.17) is 9.47 Å². The van der Waals surface area contributed by atoms with Crippen LogP contribution in [0.4, 0.5) is 0 Å². The zero-order valence-electron chi connectivity index (χ0n) is 10.3. The highest BCUT2D eigenvalue weighted by atomic mass is 16.5. The van der Waals surface area contributed by atoms with Crippen LogP contribution in [0.2, 0.25) is 0 Å². The molecule has 92 valence electrons. The van der Waals surface area contributed by atoms with Gasteiger partial charge in [-0.1, -0.05) is 18.2 Å². The molecule has 0 unspecified atom stereocenters. The first-order valence-corrected chi connectivity index (χ1v) is 5.62. The fourth-order valence-corrected chi connectivity index (χ4v) is 1.64. The molecular weight excluding hydrogens is 228 g/mol. The van der Waals surface area contributed by atoms with Gasteiger partial charge in [0.1, 0.15) is 11.5 Å². The number of para-hydroxylation sites is 1. The van der Waals surface area contributed by atoms with Crippen LogP contribution in [0.1, 0.15) is 15.9 Å². The molecule has 0 N–H and O–H groups in total. The Balaban J connectivity index is 2.19. The summed E-state index contributed by atoms with van der Waals surface area (Å²) in [6.07, 6.45) is 0. The molecule has 0 atom stereocenters. The number of aryl methyl sites for hydroxylation is 1. The van der Waals surface area contributed by atoms with Crippen molar-refractivity contribution in [3.05, 3.63) is 59.7 Å². The van der Waals surface area contributed by atoms with E-state index in [9.17, 15) is 4.79 Å². The van der Waals surface area contributed by atoms with Gasteiger partial charge in [0.25, 0.3) is 0 Å². The minimum absolute atomic E-state index is 0.360. The molecule has 0 aliphatic heterocycles. The van der Waals surface area contributed by atoms with E-state index in [2.05, 4.69) is 0 Å². The van der Waals surface area contributed by atoms with Crippen LogP contribution in [-0.4, -0.2) is 13.1 Å². The summed E-state index contributed by atoms with van der Waals surface area (Å²) >= 11 is 0. The predicted molar refractivity (Wildman–Crippen MR) is 69.1 cm³/mol. The zero-order chi connectivity index (χ0) is 13.0. The van der Waals surface area contributed by atoms with Crippen LogP contribution in [0.3, 0.4) is 0 Å². The molecule has 18 heavy (non-hydrogen) atoms. The number of rotatable bonds is 3. The molecule has 0 amide bonds. The Bertz CT molecular complexity index is 547. The Hall–Kier alpha value is -2.29. The molecule has 0 spiro atoms. The fourth-order valence-electron chi connectivity index (χ4n) is 1.64. The minimum Gasteiger partial charge on any atom is -0.497 e. The first-order chi connectivity index (χ1) is 8.70. The summed E-state index contributed by atoms with van der Waals surface area (Å²) in [5.41, 5.74) is 1.37. The van der Waals surface area contributed by atoms with Gasteiger partial charge in [0, 0.05) is 0 Å². The van der Waals surface area contributed by atoms with Crippen molar-refractivity contribution in [3.63, 3.8) is 0 Å². The van der Waals surface area contributed by atoms with Gasteiger partial charge in [-0.05, 0) is 42.8 Å². The highest BCUT2D eigenvalue weighted by Crippen LogP contribution is 2.19. The Morgan fingerprint density at radius 3 is 2.33 bits per heavy atom. The monoisotopic (exact) mass is 242 g/mol. The highest BCUT2D eigenvalue weighted by molar-refractivity contribution is 5.92. The van der Waals surface area contributed by atoms with Crippen LogP contribution in [0, 0.1) is 6.92 Å². The van der Waals surface area contributed by atoms with Gasteiger partial charge in [-0.15, -0.1) is 0 Å². The number of methoxy groups -OCH3 is 1. The second kappa shape index (κ2) is 5.36. The van der Waals surface area contributed by atoms with Gasteiger partial charge >= 0.3 is 5.97 Å². The van der Waals surface area contributed by atoms with E-state index in [0.717, 1.165) is 11.3 Å². The van der Waals surface area contributed by atoms with Crippen molar-refractivity contribution in [1.82, 2.24) is 0 Å². The quantitative estimate of drug-likeness (QED) is 0.612. The average molecular weight is 242 g/mol. The Kier molecular flexibility index (Phi) is 3.63. The smallest absolute Gasteiger partial charge is 0.343 e. The van der Waals surface area contributed by atoms with E-state index in [1.807, 2.05) is 31.2 Å². The minimum atomic E-state index is -0.360. The first kappa shape index (κ1) is 12.2. The number of carbonyl (C=O) groups is 1. The molecule has 0 fully saturated rings. The number of carbonyl (C=O) groups excluding carboxylic acids is 1. The standard InChI is InChI=1S/C15H14O3/c1-11-10-13(17-2)8-9-14(11)15(16)18-12-6-4-3-5-7-12/h3-10H,1-2H3. The van der Waals surface area contributed by atoms with Gasteiger partial charge in [0.05, 0.1) is 12.7 Å². The van der Waals surface area contributed by atoms with E-state index >= 15 is 0 Å². The molecular formula is C15H14O3. The van der Waals surface area contributed by atoms with Gasteiger partial charge < -0.3 is 9.47 Å². The number of esters is 1. The van der Waals surface area contributed by atoms with E-state index in [0.29, 0.717) is 11.3 Å². The lowest BCUT2D eigenvalue weighted by molar-refractivity contribution is 0.0734. The fraction of sp³-hybridized carbons (Fsp3) is 0.133. The maximum atomic E-state index is 12.0. The van der Waals surface area contributed by atoms with Crippen molar-refractivity contribution in [3.8, 4) is 11.5 Å². The van der Waals surface area contributed by atoms with Crippen molar-refractivity contribution in [2.75, 3.05) is 7.11 Å². The SMILES string of the molecule is COc1ccc(C(=O)Oc2ccccc2)c(C)c1. The third kappa shape index (κ3) is 2.69. The van der Waals surface area contributed by atoms with Crippen molar-refractivity contribution in [2.45, 2.75) is 6.92 Å². The summed E-state index contributed by atoms with van der Waals surface area (Å²) in [5, 5.41) is 0. The number of benzene rings is 2. The van der Waals surface area contributed by atoms with Crippen molar-refractivity contribution < 1.29 is 14.3 Å². The number of hydrogen-bond donors (Lipinski definition) is 0. The highest BCUT2D eigenvalue weighted by Gasteiger charge is 2.11. The predicted octanol–water partition coefficient (Wildman–Crippen LogP) is 3.22. The Morgan fingerprint density at radius 2 is 1.72 bits per heavy atom. The van der Waals surface area contributed by atoms with Crippen molar-refractivity contribution in [1.29, 1.82) is 0 Å². The summed E-state index contributed by atoms with van der Waals surface area (Å²) in [6.45, 7) is 1.85. The molecule has 2 aromatic rings. The molecule has 0 aliphatic rings. The lowest BCUT2D eigenvalue weighted by atomic mass is 10.1. The van der Waals surface area contributed by atoms with Crippen LogP contribution in [0.25, 0.3) is 0 Å². The molecule has 2 aromatic carbocycles. The van der Waals surface area contributed by atoms with Crippen LogP contribution in [0.15, 0.2) is 48.5 Å². The third-order valence-electron chi connectivity index (χ3n) is 2.61. The van der Waals surface area contributed by atoms with Gasteiger partial charge in [-0.2, -0.15) is 0 Å². The molecule has 3 heteroatoms. The lowest BCUT2D eigenvalue weighted by Crippen LogP contribution is -2.10. The Morgan fingerprint density at radius 1 is 1.00 bits per heavy atom. The van der Waals surface area contributed by atoms with Gasteiger partial charge in [0.2, 0.25) is 0 Å². The van der Waals surface area contributed by atoms with Crippen molar-refractivity contribution in [2.24, 2.45) is 0 Å². The van der Waals surface area contributed by atoms with Crippen LogP contribution in [-0.2, 0) is 0 Å². The zero-order valence-corrected chi connectivity index (χ0v) is 10.3. The third-order valence-corrected chi connectivity index (χ3v) is 2.61.